The van der Waals surface area contributed by atoms with Crippen LogP contribution in [-0.2, 0) is 12.8 Å². The van der Waals surface area contributed by atoms with E-state index in [1.54, 1.807) is 6.26 Å². The van der Waals surface area contributed by atoms with Crippen molar-refractivity contribution in [3.63, 3.8) is 0 Å². The van der Waals surface area contributed by atoms with Gasteiger partial charge in [0.1, 0.15) is 10.8 Å². The molecular weight excluding hydrogens is 252 g/mol. The van der Waals surface area contributed by atoms with Crippen LogP contribution in [0.1, 0.15) is 10.8 Å². The second-order valence-electron chi connectivity index (χ2n) is 2.54. The molecule has 0 aromatic carbocycles. The Morgan fingerprint density at radius 3 is 3.00 bits per heavy atom. The average molecular weight is 259 g/mol. The zero-order valence-corrected chi connectivity index (χ0v) is 9.14. The van der Waals surface area contributed by atoms with Gasteiger partial charge in [0, 0.05) is 12.8 Å². The number of furan rings is 1. The molecule has 2 aromatic rings. The standard InChI is InChI=1S/C8H7BrN2OS/c9-8-10-7(13-11-8)4-3-6-2-1-5-12-6/h1-2,5H,3-4H2. The summed E-state index contributed by atoms with van der Waals surface area (Å²) in [5, 5.41) is 1.03. The third kappa shape index (κ3) is 2.38. The van der Waals surface area contributed by atoms with Crippen molar-refractivity contribution in [3.05, 3.63) is 33.9 Å². The zero-order valence-electron chi connectivity index (χ0n) is 6.74. The minimum Gasteiger partial charge on any atom is -0.469 e. The van der Waals surface area contributed by atoms with Crippen LogP contribution in [0.3, 0.4) is 0 Å². The van der Waals surface area contributed by atoms with E-state index in [0.717, 1.165) is 23.6 Å². The van der Waals surface area contributed by atoms with E-state index in [4.69, 9.17) is 4.42 Å². The summed E-state index contributed by atoms with van der Waals surface area (Å²) in [6.07, 6.45) is 3.46. The van der Waals surface area contributed by atoms with E-state index in [9.17, 15) is 0 Å². The highest BCUT2D eigenvalue weighted by Gasteiger charge is 2.02. The fourth-order valence-corrected chi connectivity index (χ4v) is 2.11. The van der Waals surface area contributed by atoms with Crippen molar-refractivity contribution in [1.29, 1.82) is 0 Å². The Labute approximate surface area is 88.1 Å². The molecule has 0 unspecified atom stereocenters. The van der Waals surface area contributed by atoms with Gasteiger partial charge in [0.25, 0.3) is 0 Å². The molecular formula is C8H7BrN2OS. The van der Waals surface area contributed by atoms with Crippen LogP contribution >= 0.6 is 27.5 Å². The van der Waals surface area contributed by atoms with Crippen LogP contribution in [0, 0.1) is 0 Å². The molecule has 13 heavy (non-hydrogen) atoms. The Morgan fingerprint density at radius 2 is 2.38 bits per heavy atom. The van der Waals surface area contributed by atoms with Gasteiger partial charge in [-0.25, -0.2) is 4.98 Å². The highest BCUT2D eigenvalue weighted by Crippen LogP contribution is 2.12. The second-order valence-corrected chi connectivity index (χ2v) is 4.08. The summed E-state index contributed by atoms with van der Waals surface area (Å²) in [5.41, 5.74) is 0. The van der Waals surface area contributed by atoms with Crippen molar-refractivity contribution >= 4 is 27.5 Å². The Bertz CT molecular complexity index is 371. The molecule has 0 atom stereocenters. The van der Waals surface area contributed by atoms with Gasteiger partial charge in [0.05, 0.1) is 6.26 Å². The molecule has 0 radical (unpaired) electrons. The number of nitrogens with zero attached hydrogens (tertiary/aromatic N) is 2. The number of aromatic nitrogens is 2. The van der Waals surface area contributed by atoms with Crippen molar-refractivity contribution in [3.8, 4) is 0 Å². The highest BCUT2D eigenvalue weighted by molar-refractivity contribution is 9.10. The fourth-order valence-electron chi connectivity index (χ4n) is 1.02. The van der Waals surface area contributed by atoms with Crippen molar-refractivity contribution in [2.75, 3.05) is 0 Å². The van der Waals surface area contributed by atoms with E-state index < -0.39 is 0 Å². The highest BCUT2D eigenvalue weighted by atomic mass is 79.9. The summed E-state index contributed by atoms with van der Waals surface area (Å²) in [6, 6.07) is 3.86. The smallest absolute Gasteiger partial charge is 0.209 e. The van der Waals surface area contributed by atoms with Gasteiger partial charge in [-0.15, -0.1) is 0 Å². The lowest BCUT2D eigenvalue weighted by molar-refractivity contribution is 0.508. The molecule has 0 saturated carbocycles. The van der Waals surface area contributed by atoms with Crippen LogP contribution in [0.5, 0.6) is 0 Å². The van der Waals surface area contributed by atoms with E-state index in [-0.39, 0.29) is 0 Å². The molecule has 0 aliphatic carbocycles. The van der Waals surface area contributed by atoms with Crippen LogP contribution in [0.2, 0.25) is 0 Å². The molecule has 2 rings (SSSR count). The van der Waals surface area contributed by atoms with Gasteiger partial charge < -0.3 is 4.42 Å². The molecule has 0 aliphatic rings. The fraction of sp³-hybridized carbons (Fsp3) is 0.250. The van der Waals surface area contributed by atoms with Gasteiger partial charge >= 0.3 is 0 Å². The lowest BCUT2D eigenvalue weighted by Crippen LogP contribution is -1.87. The lowest BCUT2D eigenvalue weighted by Gasteiger charge is -1.91. The normalized spacial score (nSPS) is 10.5. The van der Waals surface area contributed by atoms with E-state index >= 15 is 0 Å². The van der Waals surface area contributed by atoms with Gasteiger partial charge in [0.2, 0.25) is 4.73 Å². The number of hydrogen-bond acceptors (Lipinski definition) is 4. The molecule has 0 N–H and O–H groups in total. The topological polar surface area (TPSA) is 38.9 Å². The van der Waals surface area contributed by atoms with E-state index in [2.05, 4.69) is 25.3 Å². The van der Waals surface area contributed by atoms with E-state index in [1.807, 2.05) is 12.1 Å². The van der Waals surface area contributed by atoms with Gasteiger partial charge in [-0.2, -0.15) is 4.37 Å². The largest absolute Gasteiger partial charge is 0.469 e. The van der Waals surface area contributed by atoms with Crippen LogP contribution in [-0.4, -0.2) is 9.36 Å². The number of aryl methyl sites for hydroxylation is 2. The Hall–Kier alpha value is -0.680. The molecule has 68 valence electrons. The summed E-state index contributed by atoms with van der Waals surface area (Å²) in [7, 11) is 0. The molecule has 0 amide bonds. The van der Waals surface area contributed by atoms with Crippen LogP contribution in [0.4, 0.5) is 0 Å². The van der Waals surface area contributed by atoms with Crippen LogP contribution < -0.4 is 0 Å². The molecule has 2 heterocycles. The maximum atomic E-state index is 5.21. The molecule has 0 saturated heterocycles. The first-order valence-electron chi connectivity index (χ1n) is 3.85. The predicted octanol–water partition coefficient (Wildman–Crippen LogP) is 2.68. The molecule has 0 spiro atoms. The minimum absolute atomic E-state index is 0.673. The zero-order chi connectivity index (χ0) is 9.10. The van der Waals surface area contributed by atoms with Gasteiger partial charge in [0.15, 0.2) is 0 Å². The SMILES string of the molecule is Brc1nsc(CCc2ccco2)n1. The molecule has 5 heteroatoms. The summed E-state index contributed by atoms with van der Waals surface area (Å²) in [5.74, 6) is 0.992. The number of hydrogen-bond donors (Lipinski definition) is 0. The Balaban J connectivity index is 1.93. The van der Waals surface area contributed by atoms with Gasteiger partial charge in [-0.05, 0) is 39.6 Å². The summed E-state index contributed by atoms with van der Waals surface area (Å²) in [6.45, 7) is 0. The third-order valence-electron chi connectivity index (χ3n) is 1.61. The van der Waals surface area contributed by atoms with Gasteiger partial charge in [-0.1, -0.05) is 0 Å². The van der Waals surface area contributed by atoms with E-state index in [1.165, 1.54) is 11.5 Å². The summed E-state index contributed by atoms with van der Waals surface area (Å²) >= 11 is 4.64. The first-order valence-corrected chi connectivity index (χ1v) is 5.42. The van der Waals surface area contributed by atoms with Crippen molar-refractivity contribution in [2.45, 2.75) is 12.8 Å². The summed E-state index contributed by atoms with van der Waals surface area (Å²) in [4.78, 5) is 4.19. The van der Waals surface area contributed by atoms with Gasteiger partial charge in [-0.3, -0.25) is 0 Å². The van der Waals surface area contributed by atoms with Crippen molar-refractivity contribution in [1.82, 2.24) is 9.36 Å². The first kappa shape index (κ1) is 8.90. The van der Waals surface area contributed by atoms with Crippen LogP contribution in [0.15, 0.2) is 27.5 Å². The molecule has 0 fully saturated rings. The third-order valence-corrected chi connectivity index (χ3v) is 2.97. The Morgan fingerprint density at radius 1 is 1.46 bits per heavy atom. The van der Waals surface area contributed by atoms with Crippen molar-refractivity contribution in [2.24, 2.45) is 0 Å². The number of rotatable bonds is 3. The average Bonchev–Trinajstić information content (AvgIpc) is 2.71. The minimum atomic E-state index is 0.673. The monoisotopic (exact) mass is 258 g/mol. The number of halogens is 1. The Kier molecular flexibility index (Phi) is 2.75. The first-order chi connectivity index (χ1) is 6.34. The maximum absolute atomic E-state index is 5.21. The quantitative estimate of drug-likeness (QED) is 0.850. The van der Waals surface area contributed by atoms with Crippen LogP contribution in [0.25, 0.3) is 0 Å². The molecule has 3 nitrogen and oxygen atoms in total. The second kappa shape index (κ2) is 4.02. The van der Waals surface area contributed by atoms with Crippen molar-refractivity contribution < 1.29 is 4.42 Å². The molecule has 2 aromatic heterocycles. The van der Waals surface area contributed by atoms with E-state index in [0.29, 0.717) is 4.73 Å². The predicted molar refractivity (Wildman–Crippen MR) is 53.7 cm³/mol. The maximum Gasteiger partial charge on any atom is 0.209 e. The lowest BCUT2D eigenvalue weighted by atomic mass is 10.2. The molecule has 0 aliphatic heterocycles. The molecule has 0 bridgehead atoms. The summed E-state index contributed by atoms with van der Waals surface area (Å²) < 4.78 is 9.91.